The SMILES string of the molecule is Fc1c(CCN2CCNCC2)c(Br)cc2c1OCO2. The molecule has 0 spiro atoms. The summed E-state index contributed by atoms with van der Waals surface area (Å²) in [6, 6.07) is 1.79. The first kappa shape index (κ1) is 13.1. The number of hydrogen-bond acceptors (Lipinski definition) is 4. The Balaban J connectivity index is 1.73. The van der Waals surface area contributed by atoms with Crippen molar-refractivity contribution < 1.29 is 13.9 Å². The fourth-order valence-corrected chi connectivity index (χ4v) is 3.03. The van der Waals surface area contributed by atoms with Crippen LogP contribution in [0.1, 0.15) is 5.56 Å². The van der Waals surface area contributed by atoms with Gasteiger partial charge in [-0.05, 0) is 12.5 Å². The molecular formula is C13H16BrFN2O2. The topological polar surface area (TPSA) is 33.7 Å². The van der Waals surface area contributed by atoms with E-state index in [0.29, 0.717) is 17.7 Å². The smallest absolute Gasteiger partial charge is 0.231 e. The van der Waals surface area contributed by atoms with Crippen molar-refractivity contribution in [2.75, 3.05) is 39.5 Å². The second kappa shape index (κ2) is 5.64. The Kier molecular flexibility index (Phi) is 3.91. The van der Waals surface area contributed by atoms with Crippen LogP contribution in [0.15, 0.2) is 10.5 Å². The highest BCUT2D eigenvalue weighted by Gasteiger charge is 2.24. The van der Waals surface area contributed by atoms with Crippen molar-refractivity contribution >= 4 is 15.9 Å². The molecule has 0 aliphatic carbocycles. The van der Waals surface area contributed by atoms with Crippen molar-refractivity contribution in [3.05, 3.63) is 21.9 Å². The Morgan fingerprint density at radius 1 is 1.32 bits per heavy atom. The summed E-state index contributed by atoms with van der Waals surface area (Å²) >= 11 is 3.42. The van der Waals surface area contributed by atoms with Crippen LogP contribution in [-0.2, 0) is 6.42 Å². The minimum atomic E-state index is -0.294. The molecule has 4 nitrogen and oxygen atoms in total. The van der Waals surface area contributed by atoms with Gasteiger partial charge in [0, 0.05) is 42.8 Å². The van der Waals surface area contributed by atoms with E-state index in [2.05, 4.69) is 26.1 Å². The lowest BCUT2D eigenvalue weighted by Gasteiger charge is -2.27. The number of nitrogens with zero attached hydrogens (tertiary/aromatic N) is 1. The van der Waals surface area contributed by atoms with E-state index in [1.807, 2.05) is 0 Å². The van der Waals surface area contributed by atoms with Gasteiger partial charge < -0.3 is 19.7 Å². The van der Waals surface area contributed by atoms with Crippen molar-refractivity contribution in [3.63, 3.8) is 0 Å². The van der Waals surface area contributed by atoms with Crippen LogP contribution in [0, 0.1) is 5.82 Å². The summed E-state index contributed by atoms with van der Waals surface area (Å²) < 4.78 is 25.5. The molecule has 1 saturated heterocycles. The zero-order valence-corrected chi connectivity index (χ0v) is 12.1. The summed E-state index contributed by atoms with van der Waals surface area (Å²) in [5.41, 5.74) is 0.669. The molecule has 19 heavy (non-hydrogen) atoms. The van der Waals surface area contributed by atoms with E-state index in [1.54, 1.807) is 6.07 Å². The number of halogens is 2. The Labute approximate surface area is 120 Å². The third kappa shape index (κ3) is 2.70. The summed E-state index contributed by atoms with van der Waals surface area (Å²) in [5.74, 6) is 0.436. The molecule has 0 saturated carbocycles. The van der Waals surface area contributed by atoms with Gasteiger partial charge >= 0.3 is 0 Å². The predicted molar refractivity (Wildman–Crippen MR) is 73.2 cm³/mol. The van der Waals surface area contributed by atoms with Crippen molar-refractivity contribution in [3.8, 4) is 11.5 Å². The molecular weight excluding hydrogens is 315 g/mol. The molecule has 2 aliphatic heterocycles. The molecule has 104 valence electrons. The number of rotatable bonds is 3. The van der Waals surface area contributed by atoms with Gasteiger partial charge in [0.25, 0.3) is 0 Å². The van der Waals surface area contributed by atoms with Crippen molar-refractivity contribution in [1.29, 1.82) is 0 Å². The van der Waals surface area contributed by atoms with E-state index >= 15 is 0 Å². The average Bonchev–Trinajstić information content (AvgIpc) is 2.88. The van der Waals surface area contributed by atoms with Crippen molar-refractivity contribution in [2.45, 2.75) is 6.42 Å². The van der Waals surface area contributed by atoms with Crippen molar-refractivity contribution in [2.24, 2.45) is 0 Å². The van der Waals surface area contributed by atoms with E-state index in [4.69, 9.17) is 9.47 Å². The zero-order valence-electron chi connectivity index (χ0n) is 10.5. The fraction of sp³-hybridized carbons (Fsp3) is 0.538. The first-order valence-electron chi connectivity index (χ1n) is 6.45. The number of fused-ring (bicyclic) bond motifs is 1. The van der Waals surface area contributed by atoms with E-state index < -0.39 is 0 Å². The van der Waals surface area contributed by atoms with Gasteiger partial charge in [0.1, 0.15) is 0 Å². The van der Waals surface area contributed by atoms with Gasteiger partial charge in [-0.2, -0.15) is 0 Å². The lowest BCUT2D eigenvalue weighted by molar-refractivity contribution is 0.170. The van der Waals surface area contributed by atoms with Gasteiger partial charge in [-0.15, -0.1) is 0 Å². The van der Waals surface area contributed by atoms with Crippen LogP contribution in [0.5, 0.6) is 11.5 Å². The number of nitrogens with one attached hydrogen (secondary N) is 1. The summed E-state index contributed by atoms with van der Waals surface area (Å²) in [6.07, 6.45) is 0.670. The molecule has 0 aromatic heterocycles. The molecule has 1 aromatic rings. The maximum Gasteiger partial charge on any atom is 0.231 e. The summed E-state index contributed by atoms with van der Waals surface area (Å²) in [7, 11) is 0. The first-order valence-corrected chi connectivity index (χ1v) is 7.24. The number of hydrogen-bond donors (Lipinski definition) is 1. The highest BCUT2D eigenvalue weighted by atomic mass is 79.9. The quantitative estimate of drug-likeness (QED) is 0.915. The van der Waals surface area contributed by atoms with Crippen molar-refractivity contribution in [1.82, 2.24) is 10.2 Å². The van der Waals surface area contributed by atoms with Crippen LogP contribution in [0.4, 0.5) is 4.39 Å². The van der Waals surface area contributed by atoms with E-state index in [9.17, 15) is 4.39 Å². The third-order valence-corrected chi connectivity index (χ3v) is 4.25. The van der Waals surface area contributed by atoms with Gasteiger partial charge in [0.2, 0.25) is 12.5 Å². The predicted octanol–water partition coefficient (Wildman–Crippen LogP) is 1.76. The minimum Gasteiger partial charge on any atom is -0.453 e. The Bertz CT molecular complexity index is 478. The van der Waals surface area contributed by atoms with Crippen LogP contribution in [0.25, 0.3) is 0 Å². The van der Waals surface area contributed by atoms with E-state index in [1.165, 1.54) is 0 Å². The molecule has 0 atom stereocenters. The van der Waals surface area contributed by atoms with Gasteiger partial charge in [-0.25, -0.2) is 4.39 Å². The summed E-state index contributed by atoms with van der Waals surface area (Å²) in [4.78, 5) is 2.34. The lowest BCUT2D eigenvalue weighted by Crippen LogP contribution is -2.44. The molecule has 0 amide bonds. The molecule has 2 heterocycles. The molecule has 1 aromatic carbocycles. The van der Waals surface area contributed by atoms with E-state index in [-0.39, 0.29) is 18.4 Å². The normalized spacial score (nSPS) is 18.8. The summed E-state index contributed by atoms with van der Waals surface area (Å²) in [6.45, 7) is 5.00. The minimum absolute atomic E-state index is 0.0972. The van der Waals surface area contributed by atoms with Gasteiger partial charge in [0.05, 0.1) is 0 Å². The molecule has 6 heteroatoms. The number of benzene rings is 1. The molecule has 3 rings (SSSR count). The Morgan fingerprint density at radius 3 is 2.89 bits per heavy atom. The Morgan fingerprint density at radius 2 is 2.11 bits per heavy atom. The van der Waals surface area contributed by atoms with Gasteiger partial charge in [0.15, 0.2) is 11.6 Å². The highest BCUT2D eigenvalue weighted by molar-refractivity contribution is 9.10. The third-order valence-electron chi connectivity index (χ3n) is 3.54. The Hall–Kier alpha value is -0.850. The molecule has 0 bridgehead atoms. The maximum atomic E-state index is 14.3. The molecule has 0 radical (unpaired) electrons. The van der Waals surface area contributed by atoms with Gasteiger partial charge in [-0.3, -0.25) is 0 Å². The monoisotopic (exact) mass is 330 g/mol. The van der Waals surface area contributed by atoms with Crippen LogP contribution < -0.4 is 14.8 Å². The molecule has 2 aliphatic rings. The number of piperazine rings is 1. The van der Waals surface area contributed by atoms with Crippen LogP contribution in [0.2, 0.25) is 0 Å². The molecule has 0 unspecified atom stereocenters. The second-order valence-electron chi connectivity index (χ2n) is 4.73. The van der Waals surface area contributed by atoms with Crippen LogP contribution in [-0.4, -0.2) is 44.4 Å². The highest BCUT2D eigenvalue weighted by Crippen LogP contribution is 2.40. The average molecular weight is 331 g/mol. The zero-order chi connectivity index (χ0) is 13.2. The molecule has 1 fully saturated rings. The summed E-state index contributed by atoms with van der Waals surface area (Å²) in [5, 5.41) is 3.31. The maximum absolute atomic E-state index is 14.3. The fourth-order valence-electron chi connectivity index (χ4n) is 2.45. The van der Waals surface area contributed by atoms with E-state index in [0.717, 1.165) is 37.2 Å². The van der Waals surface area contributed by atoms with Gasteiger partial charge in [-0.1, -0.05) is 15.9 Å². The lowest BCUT2D eigenvalue weighted by atomic mass is 10.1. The van der Waals surface area contributed by atoms with Crippen LogP contribution >= 0.6 is 15.9 Å². The second-order valence-corrected chi connectivity index (χ2v) is 5.58. The largest absolute Gasteiger partial charge is 0.453 e. The van der Waals surface area contributed by atoms with Crippen LogP contribution in [0.3, 0.4) is 0 Å². The first-order chi connectivity index (χ1) is 9.25. The molecule has 1 N–H and O–H groups in total. The number of ether oxygens (including phenoxy) is 2. The standard InChI is InChI=1S/C13H16BrFN2O2/c14-10-7-11-13(19-8-18-11)12(15)9(10)1-4-17-5-2-16-3-6-17/h7,16H,1-6,8H2.